The SMILES string of the molecule is COc1ccc(NC(=O)/C(C#N)=C\c2cccnc2)cc1OC. The first kappa shape index (κ1) is 16.0. The highest BCUT2D eigenvalue weighted by atomic mass is 16.5. The number of hydrogen-bond donors (Lipinski definition) is 1. The Hall–Kier alpha value is -3.33. The number of nitrogens with one attached hydrogen (secondary N) is 1. The quantitative estimate of drug-likeness (QED) is 0.678. The summed E-state index contributed by atoms with van der Waals surface area (Å²) in [7, 11) is 3.03. The van der Waals surface area contributed by atoms with E-state index >= 15 is 0 Å². The van der Waals surface area contributed by atoms with Crippen LogP contribution in [0.5, 0.6) is 11.5 Å². The molecule has 0 aliphatic rings. The fraction of sp³-hybridized carbons (Fsp3) is 0.118. The molecule has 23 heavy (non-hydrogen) atoms. The maximum atomic E-state index is 12.2. The molecule has 0 radical (unpaired) electrons. The first-order chi connectivity index (χ1) is 11.2. The lowest BCUT2D eigenvalue weighted by Crippen LogP contribution is -2.13. The minimum absolute atomic E-state index is 0.0206. The molecule has 0 fully saturated rings. The van der Waals surface area contributed by atoms with E-state index in [0.717, 1.165) is 0 Å². The zero-order chi connectivity index (χ0) is 16.7. The highest BCUT2D eigenvalue weighted by Crippen LogP contribution is 2.29. The smallest absolute Gasteiger partial charge is 0.266 e. The van der Waals surface area contributed by atoms with Crippen molar-refractivity contribution in [1.82, 2.24) is 4.98 Å². The van der Waals surface area contributed by atoms with Crippen molar-refractivity contribution in [3.63, 3.8) is 0 Å². The van der Waals surface area contributed by atoms with Crippen LogP contribution in [0.1, 0.15) is 5.56 Å². The van der Waals surface area contributed by atoms with Crippen LogP contribution in [0.3, 0.4) is 0 Å². The van der Waals surface area contributed by atoms with E-state index in [1.165, 1.54) is 20.3 Å². The van der Waals surface area contributed by atoms with Gasteiger partial charge < -0.3 is 14.8 Å². The molecule has 0 aliphatic heterocycles. The third kappa shape index (κ3) is 4.08. The van der Waals surface area contributed by atoms with Crippen LogP contribution in [0.2, 0.25) is 0 Å². The largest absolute Gasteiger partial charge is 0.493 e. The highest BCUT2D eigenvalue weighted by molar-refractivity contribution is 6.09. The monoisotopic (exact) mass is 309 g/mol. The van der Waals surface area contributed by atoms with Crippen molar-refractivity contribution >= 4 is 17.7 Å². The number of benzene rings is 1. The van der Waals surface area contributed by atoms with Gasteiger partial charge in [-0.1, -0.05) is 6.07 Å². The highest BCUT2D eigenvalue weighted by Gasteiger charge is 2.11. The molecule has 1 amide bonds. The Morgan fingerprint density at radius 2 is 2.04 bits per heavy atom. The number of nitrogens with zero attached hydrogens (tertiary/aromatic N) is 2. The van der Waals surface area contributed by atoms with Gasteiger partial charge in [-0.25, -0.2) is 0 Å². The summed E-state index contributed by atoms with van der Waals surface area (Å²) in [5, 5.41) is 11.8. The maximum Gasteiger partial charge on any atom is 0.266 e. The first-order valence-corrected chi connectivity index (χ1v) is 6.73. The number of carbonyl (C=O) groups is 1. The summed E-state index contributed by atoms with van der Waals surface area (Å²) >= 11 is 0. The predicted molar refractivity (Wildman–Crippen MR) is 86.0 cm³/mol. The van der Waals surface area contributed by atoms with Crippen LogP contribution in [-0.2, 0) is 4.79 Å². The van der Waals surface area contributed by atoms with Gasteiger partial charge in [0.2, 0.25) is 0 Å². The molecular formula is C17H15N3O3. The minimum Gasteiger partial charge on any atom is -0.493 e. The Balaban J connectivity index is 2.20. The number of carbonyl (C=O) groups excluding carboxylic acids is 1. The lowest BCUT2D eigenvalue weighted by atomic mass is 10.1. The Bertz CT molecular complexity index is 764. The number of methoxy groups -OCH3 is 2. The van der Waals surface area contributed by atoms with Crippen LogP contribution >= 0.6 is 0 Å². The maximum absolute atomic E-state index is 12.2. The normalized spacial score (nSPS) is 10.6. The number of hydrogen-bond acceptors (Lipinski definition) is 5. The second kappa shape index (κ2) is 7.61. The van der Waals surface area contributed by atoms with Gasteiger partial charge in [0.15, 0.2) is 11.5 Å². The van der Waals surface area contributed by atoms with Gasteiger partial charge in [0.1, 0.15) is 11.6 Å². The Labute approximate surface area is 134 Å². The number of rotatable bonds is 5. The molecule has 0 spiro atoms. The predicted octanol–water partition coefficient (Wildman–Crippen LogP) is 2.64. The molecule has 116 valence electrons. The van der Waals surface area contributed by atoms with E-state index in [4.69, 9.17) is 9.47 Å². The summed E-state index contributed by atoms with van der Waals surface area (Å²) in [6.07, 6.45) is 4.66. The molecule has 0 atom stereocenters. The molecule has 1 heterocycles. The molecule has 0 saturated carbocycles. The second-order valence-electron chi connectivity index (χ2n) is 4.48. The van der Waals surface area contributed by atoms with Gasteiger partial charge in [0, 0.05) is 24.1 Å². The molecule has 1 aromatic heterocycles. The van der Waals surface area contributed by atoms with Crippen molar-refractivity contribution in [2.75, 3.05) is 19.5 Å². The minimum atomic E-state index is -0.511. The molecular weight excluding hydrogens is 294 g/mol. The summed E-state index contributed by atoms with van der Waals surface area (Å²) in [4.78, 5) is 16.1. The van der Waals surface area contributed by atoms with E-state index in [0.29, 0.717) is 22.7 Å². The third-order valence-electron chi connectivity index (χ3n) is 3.00. The topological polar surface area (TPSA) is 84.2 Å². The molecule has 0 unspecified atom stereocenters. The standard InChI is InChI=1S/C17H15N3O3/c1-22-15-6-5-14(9-16(15)23-2)20-17(21)13(10-18)8-12-4-3-7-19-11-12/h3-9,11H,1-2H3,(H,20,21)/b13-8-. The lowest BCUT2D eigenvalue weighted by Gasteiger charge is -2.10. The Morgan fingerprint density at radius 1 is 1.26 bits per heavy atom. The van der Waals surface area contributed by atoms with Crippen LogP contribution in [-0.4, -0.2) is 25.1 Å². The van der Waals surface area contributed by atoms with Crippen molar-refractivity contribution in [1.29, 1.82) is 5.26 Å². The van der Waals surface area contributed by atoms with Crippen LogP contribution in [0.15, 0.2) is 48.3 Å². The molecule has 6 heteroatoms. The van der Waals surface area contributed by atoms with Gasteiger partial charge in [-0.3, -0.25) is 9.78 Å². The van der Waals surface area contributed by atoms with E-state index < -0.39 is 5.91 Å². The van der Waals surface area contributed by atoms with E-state index in [9.17, 15) is 10.1 Å². The van der Waals surface area contributed by atoms with Crippen molar-refractivity contribution in [2.24, 2.45) is 0 Å². The van der Waals surface area contributed by atoms with Crippen LogP contribution in [0, 0.1) is 11.3 Å². The first-order valence-electron chi connectivity index (χ1n) is 6.73. The number of nitriles is 1. The van der Waals surface area contributed by atoms with Gasteiger partial charge in [-0.05, 0) is 29.8 Å². The average molecular weight is 309 g/mol. The number of ether oxygens (including phenoxy) is 2. The summed E-state index contributed by atoms with van der Waals surface area (Å²) < 4.78 is 10.3. The van der Waals surface area contributed by atoms with E-state index in [1.807, 2.05) is 6.07 Å². The Kier molecular flexibility index (Phi) is 5.31. The van der Waals surface area contributed by atoms with Crippen LogP contribution in [0.25, 0.3) is 6.08 Å². The van der Waals surface area contributed by atoms with E-state index in [2.05, 4.69) is 10.3 Å². The summed E-state index contributed by atoms with van der Waals surface area (Å²) in [5.74, 6) is 0.528. The summed E-state index contributed by atoms with van der Waals surface area (Å²) in [6.45, 7) is 0. The molecule has 0 bridgehead atoms. The molecule has 0 aliphatic carbocycles. The van der Waals surface area contributed by atoms with Crippen molar-refractivity contribution in [3.8, 4) is 17.6 Å². The summed E-state index contributed by atoms with van der Waals surface area (Å²) in [5.41, 5.74) is 1.15. The van der Waals surface area contributed by atoms with Gasteiger partial charge in [0.25, 0.3) is 5.91 Å². The molecule has 2 aromatic rings. The van der Waals surface area contributed by atoms with Gasteiger partial charge >= 0.3 is 0 Å². The third-order valence-corrected chi connectivity index (χ3v) is 3.00. The fourth-order valence-corrected chi connectivity index (χ4v) is 1.89. The Morgan fingerprint density at radius 3 is 2.65 bits per heavy atom. The molecule has 6 nitrogen and oxygen atoms in total. The van der Waals surface area contributed by atoms with E-state index in [-0.39, 0.29) is 5.57 Å². The van der Waals surface area contributed by atoms with Gasteiger partial charge in [-0.2, -0.15) is 5.26 Å². The molecule has 1 aromatic carbocycles. The number of pyridine rings is 1. The number of anilines is 1. The van der Waals surface area contributed by atoms with Crippen molar-refractivity contribution < 1.29 is 14.3 Å². The zero-order valence-electron chi connectivity index (χ0n) is 12.7. The lowest BCUT2D eigenvalue weighted by molar-refractivity contribution is -0.112. The van der Waals surface area contributed by atoms with Gasteiger partial charge in [0.05, 0.1) is 14.2 Å². The van der Waals surface area contributed by atoms with Crippen molar-refractivity contribution in [2.45, 2.75) is 0 Å². The molecule has 1 N–H and O–H groups in total. The number of amides is 1. The second-order valence-corrected chi connectivity index (χ2v) is 4.48. The molecule has 2 rings (SSSR count). The van der Waals surface area contributed by atoms with Gasteiger partial charge in [-0.15, -0.1) is 0 Å². The summed E-state index contributed by atoms with van der Waals surface area (Å²) in [6, 6.07) is 10.3. The van der Waals surface area contributed by atoms with Crippen LogP contribution < -0.4 is 14.8 Å². The van der Waals surface area contributed by atoms with Crippen molar-refractivity contribution in [3.05, 3.63) is 53.9 Å². The zero-order valence-corrected chi connectivity index (χ0v) is 12.7. The fourth-order valence-electron chi connectivity index (χ4n) is 1.89. The van der Waals surface area contributed by atoms with E-state index in [1.54, 1.807) is 42.7 Å². The molecule has 0 saturated heterocycles. The average Bonchev–Trinajstić information content (AvgIpc) is 2.60. The number of aromatic nitrogens is 1. The van der Waals surface area contributed by atoms with Crippen LogP contribution in [0.4, 0.5) is 5.69 Å².